The Morgan fingerprint density at radius 2 is 1.70 bits per heavy atom. The maximum atomic E-state index is 13.3. The van der Waals surface area contributed by atoms with E-state index in [0.29, 0.717) is 4.57 Å². The SMILES string of the molecule is Cn1c(C(F)(F)F)nc2c(Br)cc3c(c21)OC(F)(F)C(F)(F)O3. The van der Waals surface area contributed by atoms with E-state index in [-0.39, 0.29) is 9.99 Å². The number of benzene rings is 1. The molecule has 0 atom stereocenters. The fourth-order valence-electron chi connectivity index (χ4n) is 2.10. The highest BCUT2D eigenvalue weighted by molar-refractivity contribution is 9.10. The zero-order valence-electron chi connectivity index (χ0n) is 10.8. The van der Waals surface area contributed by atoms with Crippen LogP contribution in [0.5, 0.6) is 11.5 Å². The number of rotatable bonds is 0. The Morgan fingerprint density at radius 1 is 1.13 bits per heavy atom. The van der Waals surface area contributed by atoms with Crippen LogP contribution in [0, 0.1) is 0 Å². The first-order chi connectivity index (χ1) is 10.3. The summed E-state index contributed by atoms with van der Waals surface area (Å²) < 4.78 is 99.7. The van der Waals surface area contributed by atoms with E-state index in [0.717, 1.165) is 13.1 Å². The lowest BCUT2D eigenvalue weighted by molar-refractivity contribution is -0.391. The van der Waals surface area contributed by atoms with Gasteiger partial charge in [0.1, 0.15) is 11.0 Å². The lowest BCUT2D eigenvalue weighted by atomic mass is 10.2. The molecule has 2 aromatic rings. The third-order valence-corrected chi connectivity index (χ3v) is 3.68. The number of ether oxygens (including phenoxy) is 2. The maximum Gasteiger partial charge on any atom is 0.507 e. The first-order valence-corrected chi connectivity index (χ1v) is 6.54. The Balaban J connectivity index is 2.35. The molecule has 0 saturated carbocycles. The zero-order valence-corrected chi connectivity index (χ0v) is 12.4. The monoisotopic (exact) mass is 408 g/mol. The van der Waals surface area contributed by atoms with Crippen LogP contribution in [0.1, 0.15) is 5.82 Å². The summed E-state index contributed by atoms with van der Waals surface area (Å²) in [6.45, 7) is 0. The number of aryl methyl sites for hydroxylation is 1. The Bertz CT molecular complexity index is 815. The number of alkyl halides is 7. The second-order valence-corrected chi connectivity index (χ2v) is 5.47. The van der Waals surface area contributed by atoms with Gasteiger partial charge in [-0.3, -0.25) is 0 Å². The van der Waals surface area contributed by atoms with Gasteiger partial charge in [0.25, 0.3) is 0 Å². The molecule has 1 aliphatic heterocycles. The first kappa shape index (κ1) is 16.1. The molecule has 4 nitrogen and oxygen atoms in total. The second kappa shape index (κ2) is 4.42. The topological polar surface area (TPSA) is 36.3 Å². The number of nitrogens with zero attached hydrogens (tertiary/aromatic N) is 2. The molecule has 0 aliphatic carbocycles. The fourth-order valence-corrected chi connectivity index (χ4v) is 2.59. The first-order valence-electron chi connectivity index (χ1n) is 5.75. The van der Waals surface area contributed by atoms with Gasteiger partial charge < -0.3 is 14.0 Å². The van der Waals surface area contributed by atoms with Crippen LogP contribution in [0.25, 0.3) is 11.0 Å². The van der Waals surface area contributed by atoms with E-state index in [1.165, 1.54) is 0 Å². The van der Waals surface area contributed by atoms with E-state index >= 15 is 0 Å². The molecular formula is C11H4BrF7N2O2. The fraction of sp³-hybridized carbons (Fsp3) is 0.364. The molecule has 0 bridgehead atoms. The molecule has 2 heterocycles. The minimum Gasteiger partial charge on any atom is -0.421 e. The standard InChI is InChI=1S/C11H4BrF7N2O2/c1-21-6-5(20-8(21)9(13,14)15)3(12)2-4-7(6)23-11(18,19)10(16,17)22-4/h2H,1H3. The predicted molar refractivity (Wildman–Crippen MR) is 64.6 cm³/mol. The molecule has 0 N–H and O–H groups in total. The molecule has 0 radical (unpaired) electrons. The van der Waals surface area contributed by atoms with E-state index in [2.05, 4.69) is 30.4 Å². The number of aromatic nitrogens is 2. The zero-order chi connectivity index (χ0) is 17.4. The van der Waals surface area contributed by atoms with Gasteiger partial charge in [-0.1, -0.05) is 0 Å². The summed E-state index contributed by atoms with van der Waals surface area (Å²) in [6.07, 6.45) is -14.9. The summed E-state index contributed by atoms with van der Waals surface area (Å²) in [5.74, 6) is -3.20. The molecule has 126 valence electrons. The lowest BCUT2D eigenvalue weighted by Gasteiger charge is -2.32. The quantitative estimate of drug-likeness (QED) is 0.609. The summed E-state index contributed by atoms with van der Waals surface area (Å²) in [7, 11) is 0.888. The van der Waals surface area contributed by atoms with E-state index in [9.17, 15) is 30.7 Å². The maximum absolute atomic E-state index is 13.3. The van der Waals surface area contributed by atoms with Crippen molar-refractivity contribution in [2.24, 2.45) is 7.05 Å². The van der Waals surface area contributed by atoms with Crippen LogP contribution in [-0.4, -0.2) is 21.8 Å². The summed E-state index contributed by atoms with van der Waals surface area (Å²) in [4.78, 5) is 3.30. The van der Waals surface area contributed by atoms with Crippen molar-refractivity contribution in [3.8, 4) is 11.5 Å². The molecule has 12 heteroatoms. The minimum absolute atomic E-state index is 0.151. The van der Waals surface area contributed by atoms with Crippen LogP contribution in [-0.2, 0) is 13.2 Å². The smallest absolute Gasteiger partial charge is 0.421 e. The van der Waals surface area contributed by atoms with Crippen molar-refractivity contribution < 1.29 is 40.2 Å². The van der Waals surface area contributed by atoms with Gasteiger partial charge in [0, 0.05) is 17.6 Å². The van der Waals surface area contributed by atoms with Gasteiger partial charge in [-0.25, -0.2) is 4.98 Å². The van der Waals surface area contributed by atoms with Crippen molar-refractivity contribution in [3.05, 3.63) is 16.4 Å². The van der Waals surface area contributed by atoms with Crippen molar-refractivity contribution in [1.82, 2.24) is 9.55 Å². The molecule has 1 aromatic carbocycles. The molecule has 0 saturated heterocycles. The molecule has 23 heavy (non-hydrogen) atoms. The Labute approximate surface area is 130 Å². The average Bonchev–Trinajstić information content (AvgIpc) is 2.70. The van der Waals surface area contributed by atoms with Gasteiger partial charge in [-0.2, -0.15) is 30.7 Å². The summed E-state index contributed by atoms with van der Waals surface area (Å²) in [5.41, 5.74) is -0.944. The Morgan fingerprint density at radius 3 is 2.26 bits per heavy atom. The van der Waals surface area contributed by atoms with Crippen molar-refractivity contribution in [3.63, 3.8) is 0 Å². The molecule has 0 fully saturated rings. The Hall–Kier alpha value is -1.72. The van der Waals surface area contributed by atoms with E-state index in [1.807, 2.05) is 0 Å². The third kappa shape index (κ3) is 2.22. The minimum atomic E-state index is -5.05. The van der Waals surface area contributed by atoms with Gasteiger partial charge in [0.2, 0.25) is 5.82 Å². The van der Waals surface area contributed by atoms with Crippen molar-refractivity contribution in [1.29, 1.82) is 0 Å². The van der Waals surface area contributed by atoms with Crippen LogP contribution in [0.3, 0.4) is 0 Å². The van der Waals surface area contributed by atoms with Crippen LogP contribution in [0.2, 0.25) is 0 Å². The molecule has 1 aliphatic rings. The van der Waals surface area contributed by atoms with Crippen molar-refractivity contribution in [2.45, 2.75) is 18.4 Å². The molecule has 0 unspecified atom stereocenters. The van der Waals surface area contributed by atoms with Crippen molar-refractivity contribution >= 4 is 27.0 Å². The van der Waals surface area contributed by atoms with Gasteiger partial charge >= 0.3 is 18.4 Å². The van der Waals surface area contributed by atoms with Crippen molar-refractivity contribution in [2.75, 3.05) is 0 Å². The van der Waals surface area contributed by atoms with E-state index in [1.54, 1.807) is 0 Å². The normalized spacial score (nSPS) is 19.2. The van der Waals surface area contributed by atoms with Gasteiger partial charge in [0.05, 0.1) is 0 Å². The van der Waals surface area contributed by atoms with Crippen LogP contribution in [0.4, 0.5) is 30.7 Å². The molecule has 1 aromatic heterocycles. The molecular weight excluding hydrogens is 405 g/mol. The van der Waals surface area contributed by atoms with Crippen LogP contribution >= 0.6 is 15.9 Å². The molecule has 0 spiro atoms. The highest BCUT2D eigenvalue weighted by atomic mass is 79.9. The summed E-state index contributed by atoms with van der Waals surface area (Å²) >= 11 is 2.85. The largest absolute Gasteiger partial charge is 0.507 e. The van der Waals surface area contributed by atoms with E-state index < -0.39 is 41.2 Å². The number of fused-ring (bicyclic) bond motifs is 3. The number of hydrogen-bond acceptors (Lipinski definition) is 3. The average molecular weight is 409 g/mol. The highest BCUT2D eigenvalue weighted by Crippen LogP contribution is 2.51. The number of hydrogen-bond donors (Lipinski definition) is 0. The van der Waals surface area contributed by atoms with Gasteiger partial charge in [-0.15, -0.1) is 0 Å². The summed E-state index contributed by atoms with van der Waals surface area (Å²) in [5, 5.41) is 0. The third-order valence-electron chi connectivity index (χ3n) is 3.08. The number of imidazole rings is 1. The summed E-state index contributed by atoms with van der Waals surface area (Å²) in [6, 6.07) is 0.786. The molecule has 3 rings (SSSR count). The number of halogens is 8. The van der Waals surface area contributed by atoms with E-state index in [4.69, 9.17) is 0 Å². The van der Waals surface area contributed by atoms with Gasteiger partial charge in [-0.05, 0) is 15.9 Å². The Kier molecular flexibility index (Phi) is 3.11. The predicted octanol–water partition coefficient (Wildman–Crippen LogP) is 4.31. The van der Waals surface area contributed by atoms with Gasteiger partial charge in [0.15, 0.2) is 11.5 Å². The van der Waals surface area contributed by atoms with Crippen LogP contribution in [0.15, 0.2) is 10.5 Å². The lowest BCUT2D eigenvalue weighted by Crippen LogP contribution is -2.52. The highest BCUT2D eigenvalue weighted by Gasteiger charge is 2.66. The molecule has 0 amide bonds. The van der Waals surface area contributed by atoms with Crippen LogP contribution < -0.4 is 9.47 Å². The second-order valence-electron chi connectivity index (χ2n) is 4.61.